The van der Waals surface area contributed by atoms with Crippen molar-refractivity contribution >= 4 is 37.3 Å². The average molecular weight is 424 g/mol. The first kappa shape index (κ1) is 19.6. The van der Waals surface area contributed by atoms with E-state index in [1.807, 2.05) is 13.8 Å². The largest absolute Gasteiger partial charge is 0.334 e. The fraction of sp³-hybridized carbons (Fsp3) is 0.632. The van der Waals surface area contributed by atoms with E-state index in [9.17, 15) is 18.0 Å². The van der Waals surface area contributed by atoms with Crippen LogP contribution in [0.15, 0.2) is 11.1 Å². The fourth-order valence-corrected chi connectivity index (χ4v) is 7.19. The van der Waals surface area contributed by atoms with Crippen molar-refractivity contribution in [3.05, 3.63) is 27.1 Å². The van der Waals surface area contributed by atoms with Crippen molar-refractivity contribution in [2.24, 2.45) is 0 Å². The maximum atomic E-state index is 13.2. The average Bonchev–Trinajstić information content (AvgIpc) is 3.33. The summed E-state index contributed by atoms with van der Waals surface area (Å²) in [4.78, 5) is 34.0. The van der Waals surface area contributed by atoms with E-state index in [1.165, 1.54) is 22.2 Å². The van der Waals surface area contributed by atoms with Gasteiger partial charge < -0.3 is 4.90 Å². The lowest BCUT2D eigenvalue weighted by atomic mass is 10.1. The molecule has 9 heteroatoms. The lowest BCUT2D eigenvalue weighted by Crippen LogP contribution is -2.49. The third-order valence-electron chi connectivity index (χ3n) is 6.07. The summed E-state index contributed by atoms with van der Waals surface area (Å²) in [7, 11) is -3.09. The van der Waals surface area contributed by atoms with Gasteiger partial charge >= 0.3 is 0 Å². The summed E-state index contributed by atoms with van der Waals surface area (Å²) in [6, 6.07) is -0.207. The minimum atomic E-state index is -3.09. The van der Waals surface area contributed by atoms with Gasteiger partial charge in [-0.1, -0.05) is 12.8 Å². The topological polar surface area (TPSA) is 89.3 Å². The second-order valence-corrected chi connectivity index (χ2v) is 11.4. The third-order valence-corrected chi connectivity index (χ3v) is 8.93. The molecule has 0 radical (unpaired) electrons. The highest BCUT2D eigenvalue weighted by Crippen LogP contribution is 2.30. The fourth-order valence-electron chi connectivity index (χ4n) is 4.49. The first-order valence-corrected chi connectivity index (χ1v) is 12.4. The molecule has 2 aliphatic rings. The summed E-state index contributed by atoms with van der Waals surface area (Å²) in [5.41, 5.74) is 0.708. The summed E-state index contributed by atoms with van der Waals surface area (Å²) < 4.78 is 25.3. The predicted octanol–water partition coefficient (Wildman–Crippen LogP) is 2.03. The SMILES string of the molecule is Cc1sc2ncn(CC(=O)N(C3CCCC3)[C@@H]3CCS(=O)(=O)C3)c(=O)c2c1C. The van der Waals surface area contributed by atoms with E-state index < -0.39 is 9.84 Å². The molecule has 152 valence electrons. The van der Waals surface area contributed by atoms with Gasteiger partial charge in [0.2, 0.25) is 5.91 Å². The molecule has 1 saturated carbocycles. The summed E-state index contributed by atoms with van der Waals surface area (Å²) in [5, 5.41) is 0.577. The van der Waals surface area contributed by atoms with Gasteiger partial charge in [-0.3, -0.25) is 14.2 Å². The van der Waals surface area contributed by atoms with Crippen LogP contribution in [0.2, 0.25) is 0 Å². The van der Waals surface area contributed by atoms with Crippen molar-refractivity contribution < 1.29 is 13.2 Å². The van der Waals surface area contributed by atoms with Crippen LogP contribution >= 0.6 is 11.3 Å². The standard InChI is InChI=1S/C19H25N3O4S2/c1-12-13(2)27-18-17(12)19(24)21(11-20-18)9-16(23)22(14-5-3-4-6-14)15-7-8-28(25,26)10-15/h11,14-15H,3-10H2,1-2H3/t15-/m1/s1. The number of carbonyl (C=O) groups is 1. The van der Waals surface area contributed by atoms with Crippen molar-refractivity contribution in [1.29, 1.82) is 0 Å². The Morgan fingerprint density at radius 1 is 1.25 bits per heavy atom. The number of thiophene rings is 1. The number of hydrogen-bond acceptors (Lipinski definition) is 6. The number of sulfone groups is 1. The Bertz CT molecular complexity index is 1080. The van der Waals surface area contributed by atoms with Gasteiger partial charge in [0.1, 0.15) is 11.4 Å². The highest BCUT2D eigenvalue weighted by atomic mass is 32.2. The molecule has 0 bridgehead atoms. The Hall–Kier alpha value is -1.74. The van der Waals surface area contributed by atoms with E-state index in [4.69, 9.17) is 0 Å². The molecular weight excluding hydrogens is 398 g/mol. The maximum Gasteiger partial charge on any atom is 0.262 e. The van der Waals surface area contributed by atoms with Gasteiger partial charge in [-0.25, -0.2) is 13.4 Å². The molecule has 2 aromatic rings. The summed E-state index contributed by atoms with van der Waals surface area (Å²) in [6.45, 7) is 3.76. The summed E-state index contributed by atoms with van der Waals surface area (Å²) >= 11 is 1.48. The highest BCUT2D eigenvalue weighted by molar-refractivity contribution is 7.91. The molecule has 0 unspecified atom stereocenters. The molecular formula is C19H25N3O4S2. The van der Waals surface area contributed by atoms with E-state index >= 15 is 0 Å². The molecule has 3 heterocycles. The Labute approximate surface area is 168 Å². The molecule has 1 aliphatic heterocycles. The van der Waals surface area contributed by atoms with Gasteiger partial charge in [0, 0.05) is 17.0 Å². The normalized spacial score (nSPS) is 22.1. The van der Waals surface area contributed by atoms with Crippen LogP contribution in [0.1, 0.15) is 42.5 Å². The first-order valence-electron chi connectivity index (χ1n) is 9.73. The van der Waals surface area contributed by atoms with Gasteiger partial charge in [-0.15, -0.1) is 11.3 Å². The van der Waals surface area contributed by atoms with Crippen molar-refractivity contribution in [2.75, 3.05) is 11.5 Å². The van der Waals surface area contributed by atoms with Crippen LogP contribution in [0.3, 0.4) is 0 Å². The molecule has 1 aliphatic carbocycles. The van der Waals surface area contributed by atoms with Crippen LogP contribution < -0.4 is 5.56 Å². The van der Waals surface area contributed by atoms with Crippen LogP contribution in [0, 0.1) is 13.8 Å². The van der Waals surface area contributed by atoms with E-state index in [-0.39, 0.29) is 41.6 Å². The number of nitrogens with zero attached hydrogens (tertiary/aromatic N) is 3. The van der Waals surface area contributed by atoms with Crippen molar-refractivity contribution in [2.45, 2.75) is 64.6 Å². The lowest BCUT2D eigenvalue weighted by Gasteiger charge is -2.34. The summed E-state index contributed by atoms with van der Waals surface area (Å²) in [5.74, 6) is -0.0129. The Balaban J connectivity index is 1.64. The molecule has 0 N–H and O–H groups in total. The Morgan fingerprint density at radius 3 is 2.61 bits per heavy atom. The van der Waals surface area contributed by atoms with Gasteiger partial charge in [0.15, 0.2) is 9.84 Å². The number of amides is 1. The van der Waals surface area contributed by atoms with Gasteiger partial charge in [0.05, 0.1) is 23.2 Å². The molecule has 2 aromatic heterocycles. The highest BCUT2D eigenvalue weighted by Gasteiger charge is 2.39. The first-order chi connectivity index (χ1) is 13.3. The molecule has 0 spiro atoms. The molecule has 1 amide bonds. The number of carbonyl (C=O) groups excluding carboxylic acids is 1. The third kappa shape index (κ3) is 3.50. The second-order valence-electron chi connectivity index (χ2n) is 7.94. The van der Waals surface area contributed by atoms with Crippen LogP contribution in [0.5, 0.6) is 0 Å². The molecule has 1 saturated heterocycles. The maximum absolute atomic E-state index is 13.2. The smallest absolute Gasteiger partial charge is 0.262 e. The Morgan fingerprint density at radius 2 is 1.96 bits per heavy atom. The lowest BCUT2D eigenvalue weighted by molar-refractivity contribution is -0.136. The van der Waals surface area contributed by atoms with Gasteiger partial charge in [0.25, 0.3) is 5.56 Å². The number of fused-ring (bicyclic) bond motifs is 1. The molecule has 2 fully saturated rings. The van der Waals surface area contributed by atoms with Crippen LogP contribution in [0.4, 0.5) is 0 Å². The van der Waals surface area contributed by atoms with Crippen molar-refractivity contribution in [1.82, 2.24) is 14.5 Å². The van der Waals surface area contributed by atoms with Crippen molar-refractivity contribution in [3.63, 3.8) is 0 Å². The molecule has 4 rings (SSSR count). The zero-order valence-corrected chi connectivity index (χ0v) is 17.8. The number of hydrogen-bond donors (Lipinski definition) is 0. The van der Waals surface area contributed by atoms with Crippen LogP contribution in [-0.4, -0.2) is 52.4 Å². The molecule has 7 nitrogen and oxygen atoms in total. The zero-order chi connectivity index (χ0) is 20.1. The second kappa shape index (κ2) is 7.26. The van der Waals surface area contributed by atoms with Crippen molar-refractivity contribution in [3.8, 4) is 0 Å². The Kier molecular flexibility index (Phi) is 5.07. The quantitative estimate of drug-likeness (QED) is 0.751. The van der Waals surface area contributed by atoms with Gasteiger partial charge in [-0.05, 0) is 38.7 Å². The van der Waals surface area contributed by atoms with Crippen LogP contribution in [0.25, 0.3) is 10.2 Å². The molecule has 0 aromatic carbocycles. The van der Waals surface area contributed by atoms with Crippen LogP contribution in [-0.2, 0) is 21.2 Å². The van der Waals surface area contributed by atoms with E-state index in [2.05, 4.69) is 4.98 Å². The number of aromatic nitrogens is 2. The predicted molar refractivity (Wildman–Crippen MR) is 110 cm³/mol. The van der Waals surface area contributed by atoms with Gasteiger partial charge in [-0.2, -0.15) is 0 Å². The molecule has 28 heavy (non-hydrogen) atoms. The zero-order valence-electron chi connectivity index (χ0n) is 16.2. The number of aryl methyl sites for hydroxylation is 2. The minimum Gasteiger partial charge on any atom is -0.334 e. The monoisotopic (exact) mass is 423 g/mol. The van der Waals surface area contributed by atoms with E-state index in [0.29, 0.717) is 16.6 Å². The molecule has 1 atom stereocenters. The van der Waals surface area contributed by atoms with E-state index in [1.54, 1.807) is 4.90 Å². The number of rotatable bonds is 4. The van der Waals surface area contributed by atoms with E-state index in [0.717, 1.165) is 36.1 Å². The minimum absolute atomic E-state index is 0.0320. The summed E-state index contributed by atoms with van der Waals surface area (Å²) in [6.07, 6.45) is 5.83.